The van der Waals surface area contributed by atoms with Gasteiger partial charge < -0.3 is 9.88 Å². The first-order valence-corrected chi connectivity index (χ1v) is 4.70. The summed E-state index contributed by atoms with van der Waals surface area (Å²) in [6.45, 7) is 4.15. The van der Waals surface area contributed by atoms with Crippen LogP contribution in [0.4, 0.5) is 5.69 Å². The number of nitro groups is 1. The van der Waals surface area contributed by atoms with Crippen LogP contribution in [0.25, 0.3) is 0 Å². The molecule has 0 spiro atoms. The van der Waals surface area contributed by atoms with Crippen LogP contribution in [-0.2, 0) is 6.54 Å². The zero-order valence-corrected chi connectivity index (χ0v) is 8.47. The summed E-state index contributed by atoms with van der Waals surface area (Å²) in [5.41, 5.74) is -0.936. The lowest BCUT2D eigenvalue weighted by Gasteiger charge is -2.05. The average molecular weight is 211 g/mol. The van der Waals surface area contributed by atoms with Crippen molar-refractivity contribution in [1.82, 2.24) is 9.88 Å². The summed E-state index contributed by atoms with van der Waals surface area (Å²) in [6, 6.07) is 1.21. The standard InChI is InChI=1S/C9H13N3O3/c1-2-10-4-6-11-5-3-9(13)8(7-11)12(14)15/h3,5,7,10H,2,4,6H2,1H3. The number of nitrogens with zero attached hydrogens (tertiary/aromatic N) is 2. The first-order chi connectivity index (χ1) is 7.15. The average Bonchev–Trinajstić information content (AvgIpc) is 2.20. The number of hydrogen-bond donors (Lipinski definition) is 1. The van der Waals surface area contributed by atoms with Gasteiger partial charge in [-0.1, -0.05) is 6.92 Å². The molecule has 0 aliphatic rings. The molecule has 0 saturated carbocycles. The van der Waals surface area contributed by atoms with Gasteiger partial charge in [0, 0.05) is 25.4 Å². The highest BCUT2D eigenvalue weighted by Gasteiger charge is 2.10. The van der Waals surface area contributed by atoms with E-state index in [1.807, 2.05) is 6.92 Å². The number of nitrogens with one attached hydrogen (secondary N) is 1. The van der Waals surface area contributed by atoms with Crippen LogP contribution in [0, 0.1) is 10.1 Å². The summed E-state index contributed by atoms with van der Waals surface area (Å²) >= 11 is 0. The summed E-state index contributed by atoms with van der Waals surface area (Å²) < 4.78 is 1.63. The number of aromatic nitrogens is 1. The molecule has 0 bridgehead atoms. The molecule has 0 atom stereocenters. The van der Waals surface area contributed by atoms with Gasteiger partial charge >= 0.3 is 5.69 Å². The summed E-state index contributed by atoms with van der Waals surface area (Å²) in [7, 11) is 0. The Balaban J connectivity index is 2.79. The van der Waals surface area contributed by atoms with E-state index in [-0.39, 0.29) is 5.69 Å². The highest BCUT2D eigenvalue weighted by atomic mass is 16.6. The van der Waals surface area contributed by atoms with Gasteiger partial charge in [0.15, 0.2) is 0 Å². The minimum atomic E-state index is -0.661. The van der Waals surface area contributed by atoms with E-state index in [2.05, 4.69) is 5.32 Å². The zero-order valence-electron chi connectivity index (χ0n) is 8.47. The Morgan fingerprint density at radius 2 is 2.33 bits per heavy atom. The fraction of sp³-hybridized carbons (Fsp3) is 0.444. The van der Waals surface area contributed by atoms with Gasteiger partial charge in [0.2, 0.25) is 0 Å². The maximum Gasteiger partial charge on any atom is 0.332 e. The van der Waals surface area contributed by atoms with Gasteiger partial charge in [0.25, 0.3) is 5.43 Å². The Kier molecular flexibility index (Phi) is 3.99. The lowest BCUT2D eigenvalue weighted by molar-refractivity contribution is -0.386. The van der Waals surface area contributed by atoms with Crippen LogP contribution < -0.4 is 10.7 Å². The van der Waals surface area contributed by atoms with Crippen molar-refractivity contribution in [2.45, 2.75) is 13.5 Å². The van der Waals surface area contributed by atoms with Crippen molar-refractivity contribution in [3.63, 3.8) is 0 Å². The fourth-order valence-electron chi connectivity index (χ4n) is 1.17. The zero-order chi connectivity index (χ0) is 11.3. The van der Waals surface area contributed by atoms with Crippen molar-refractivity contribution < 1.29 is 4.92 Å². The minimum absolute atomic E-state index is 0.381. The van der Waals surface area contributed by atoms with Crippen LogP contribution in [0.1, 0.15) is 6.92 Å². The third kappa shape index (κ3) is 3.17. The highest BCUT2D eigenvalue weighted by Crippen LogP contribution is 2.01. The van der Waals surface area contributed by atoms with Crippen LogP contribution in [-0.4, -0.2) is 22.6 Å². The molecule has 1 rings (SSSR count). The molecule has 0 fully saturated rings. The summed E-state index contributed by atoms with van der Waals surface area (Å²) in [6.07, 6.45) is 2.81. The molecule has 1 heterocycles. The molecule has 0 unspecified atom stereocenters. The monoisotopic (exact) mass is 211 g/mol. The van der Waals surface area contributed by atoms with Crippen molar-refractivity contribution in [3.8, 4) is 0 Å². The van der Waals surface area contributed by atoms with E-state index < -0.39 is 10.4 Å². The van der Waals surface area contributed by atoms with Crippen LogP contribution in [0.2, 0.25) is 0 Å². The number of hydrogen-bond acceptors (Lipinski definition) is 4. The van der Waals surface area contributed by atoms with E-state index in [1.165, 1.54) is 12.3 Å². The Labute approximate surface area is 86.7 Å². The fourth-order valence-corrected chi connectivity index (χ4v) is 1.17. The molecule has 0 amide bonds. The van der Waals surface area contributed by atoms with Gasteiger partial charge in [0.05, 0.1) is 11.1 Å². The summed E-state index contributed by atoms with van der Waals surface area (Å²) in [5, 5.41) is 13.6. The Morgan fingerprint density at radius 1 is 1.60 bits per heavy atom. The first kappa shape index (κ1) is 11.4. The Bertz CT molecular complexity index is 400. The molecule has 1 aromatic heterocycles. The Morgan fingerprint density at radius 3 is 2.93 bits per heavy atom. The SMILES string of the molecule is CCNCCn1ccc(=O)c([N+](=O)[O-])c1. The third-order valence-electron chi connectivity index (χ3n) is 1.95. The normalized spacial score (nSPS) is 10.2. The van der Waals surface area contributed by atoms with E-state index in [9.17, 15) is 14.9 Å². The lowest BCUT2D eigenvalue weighted by Crippen LogP contribution is -2.20. The first-order valence-electron chi connectivity index (χ1n) is 4.70. The van der Waals surface area contributed by atoms with Crippen LogP contribution in [0.15, 0.2) is 23.3 Å². The van der Waals surface area contributed by atoms with Gasteiger partial charge in [-0.2, -0.15) is 0 Å². The summed E-state index contributed by atoms with van der Waals surface area (Å²) in [4.78, 5) is 20.9. The smallest absolute Gasteiger partial charge is 0.332 e. The molecule has 15 heavy (non-hydrogen) atoms. The molecule has 82 valence electrons. The molecule has 0 saturated heterocycles. The molecule has 1 aromatic rings. The molecule has 6 nitrogen and oxygen atoms in total. The van der Waals surface area contributed by atoms with E-state index >= 15 is 0 Å². The second kappa shape index (κ2) is 5.26. The van der Waals surface area contributed by atoms with Gasteiger partial charge in [-0.3, -0.25) is 14.9 Å². The largest absolute Gasteiger partial charge is 0.347 e. The summed E-state index contributed by atoms with van der Waals surface area (Å²) in [5.74, 6) is 0. The van der Waals surface area contributed by atoms with Gasteiger partial charge in [-0.15, -0.1) is 0 Å². The van der Waals surface area contributed by atoms with E-state index in [1.54, 1.807) is 10.8 Å². The van der Waals surface area contributed by atoms with E-state index in [0.29, 0.717) is 6.54 Å². The molecule has 0 aliphatic heterocycles. The predicted molar refractivity (Wildman–Crippen MR) is 55.9 cm³/mol. The Hall–Kier alpha value is -1.69. The molecule has 1 N–H and O–H groups in total. The topological polar surface area (TPSA) is 77.2 Å². The maximum absolute atomic E-state index is 11.1. The van der Waals surface area contributed by atoms with Crippen molar-refractivity contribution >= 4 is 5.69 Å². The maximum atomic E-state index is 11.1. The molecule has 0 aliphatic carbocycles. The molecule has 0 aromatic carbocycles. The van der Waals surface area contributed by atoms with Gasteiger partial charge in [-0.25, -0.2) is 0 Å². The van der Waals surface area contributed by atoms with Crippen molar-refractivity contribution in [2.75, 3.05) is 13.1 Å². The minimum Gasteiger partial charge on any atom is -0.347 e. The van der Waals surface area contributed by atoms with Crippen LogP contribution >= 0.6 is 0 Å². The molecular weight excluding hydrogens is 198 g/mol. The van der Waals surface area contributed by atoms with E-state index in [4.69, 9.17) is 0 Å². The van der Waals surface area contributed by atoms with Crippen molar-refractivity contribution in [2.24, 2.45) is 0 Å². The van der Waals surface area contributed by atoms with E-state index in [0.717, 1.165) is 13.1 Å². The number of rotatable bonds is 5. The predicted octanol–water partition coefficient (Wildman–Crippen LogP) is 0.366. The van der Waals surface area contributed by atoms with Crippen molar-refractivity contribution in [3.05, 3.63) is 38.8 Å². The quantitative estimate of drug-likeness (QED) is 0.433. The molecule has 6 heteroatoms. The number of pyridine rings is 1. The van der Waals surface area contributed by atoms with Gasteiger partial charge in [0.1, 0.15) is 0 Å². The van der Waals surface area contributed by atoms with Crippen LogP contribution in [0.5, 0.6) is 0 Å². The second-order valence-corrected chi connectivity index (χ2v) is 3.04. The molecule has 0 radical (unpaired) electrons. The highest BCUT2D eigenvalue weighted by molar-refractivity contribution is 5.25. The van der Waals surface area contributed by atoms with Crippen molar-refractivity contribution in [1.29, 1.82) is 0 Å². The lowest BCUT2D eigenvalue weighted by atomic mass is 10.4. The van der Waals surface area contributed by atoms with Gasteiger partial charge in [-0.05, 0) is 6.54 Å². The third-order valence-corrected chi connectivity index (χ3v) is 1.95. The van der Waals surface area contributed by atoms with Crippen LogP contribution in [0.3, 0.4) is 0 Å². The number of likely N-dealkylation sites (N-methyl/N-ethyl adjacent to an activating group) is 1. The second-order valence-electron chi connectivity index (χ2n) is 3.04. The molecular formula is C9H13N3O3.